The molecule has 2 aliphatic rings. The van der Waals surface area contributed by atoms with Crippen LogP contribution in [0.5, 0.6) is 0 Å². The van der Waals surface area contributed by atoms with Gasteiger partial charge in [0.2, 0.25) is 0 Å². The van der Waals surface area contributed by atoms with Crippen molar-refractivity contribution in [1.82, 2.24) is 9.80 Å². The number of carbonyl (C=O) groups is 1. The average Bonchev–Trinajstić information content (AvgIpc) is 2.63. The number of hydrogen-bond acceptors (Lipinski definition) is 4. The Labute approximate surface area is 138 Å². The number of amides is 1. The van der Waals surface area contributed by atoms with E-state index in [-0.39, 0.29) is 12.2 Å². The van der Waals surface area contributed by atoms with Crippen LogP contribution in [0.1, 0.15) is 31.4 Å². The number of hydrogen-bond donors (Lipinski definition) is 0. The third-order valence-electron chi connectivity index (χ3n) is 4.78. The molecule has 2 fully saturated rings. The van der Waals surface area contributed by atoms with Gasteiger partial charge in [-0.2, -0.15) is 0 Å². The molecule has 0 radical (unpaired) electrons. The van der Waals surface area contributed by atoms with Gasteiger partial charge in [0, 0.05) is 32.2 Å². The molecule has 0 N–H and O–H groups in total. The predicted molar refractivity (Wildman–Crippen MR) is 88.3 cm³/mol. The molecule has 1 aromatic carbocycles. The molecule has 126 valence electrons. The monoisotopic (exact) mass is 318 g/mol. The van der Waals surface area contributed by atoms with Crippen molar-refractivity contribution in [2.24, 2.45) is 0 Å². The summed E-state index contributed by atoms with van der Waals surface area (Å²) in [6.45, 7) is 6.57. The van der Waals surface area contributed by atoms with Crippen molar-refractivity contribution in [2.75, 3.05) is 39.4 Å². The molecule has 0 aromatic heterocycles. The van der Waals surface area contributed by atoms with E-state index in [0.29, 0.717) is 12.6 Å². The molecule has 2 heterocycles. The largest absolute Gasteiger partial charge is 0.450 e. The summed E-state index contributed by atoms with van der Waals surface area (Å²) in [7, 11) is 0. The highest BCUT2D eigenvalue weighted by Gasteiger charge is 2.31. The summed E-state index contributed by atoms with van der Waals surface area (Å²) in [5, 5.41) is 0. The Bertz CT molecular complexity index is 500. The minimum atomic E-state index is -0.171. The molecular weight excluding hydrogens is 292 g/mol. The third kappa shape index (κ3) is 4.03. The Morgan fingerprint density at radius 1 is 1.22 bits per heavy atom. The van der Waals surface area contributed by atoms with Crippen molar-refractivity contribution in [3.8, 4) is 0 Å². The van der Waals surface area contributed by atoms with Crippen LogP contribution in [0.15, 0.2) is 30.3 Å². The van der Waals surface area contributed by atoms with E-state index in [4.69, 9.17) is 9.47 Å². The smallest absolute Gasteiger partial charge is 0.409 e. The van der Waals surface area contributed by atoms with Crippen LogP contribution in [0, 0.1) is 0 Å². The average molecular weight is 318 g/mol. The molecular formula is C18H26N2O3. The molecule has 23 heavy (non-hydrogen) atoms. The minimum Gasteiger partial charge on any atom is -0.450 e. The second-order valence-corrected chi connectivity index (χ2v) is 6.18. The van der Waals surface area contributed by atoms with E-state index < -0.39 is 0 Å². The number of rotatable bonds is 3. The van der Waals surface area contributed by atoms with Crippen molar-refractivity contribution in [3.05, 3.63) is 35.9 Å². The Morgan fingerprint density at radius 3 is 2.65 bits per heavy atom. The first-order valence-electron chi connectivity index (χ1n) is 8.60. The van der Waals surface area contributed by atoms with Crippen LogP contribution in [0.3, 0.4) is 0 Å². The van der Waals surface area contributed by atoms with Crippen molar-refractivity contribution in [3.63, 3.8) is 0 Å². The van der Waals surface area contributed by atoms with Gasteiger partial charge in [-0.15, -0.1) is 0 Å². The standard InChI is InChI=1S/C18H26N2O3/c1-2-22-18(21)19-10-8-16(9-11-19)20-12-13-23-17(14-20)15-6-4-3-5-7-15/h3-7,16-17H,2,8-14H2,1H3/t17-/m0/s1. The molecule has 0 saturated carbocycles. The van der Waals surface area contributed by atoms with Crippen LogP contribution in [0.25, 0.3) is 0 Å². The number of ether oxygens (including phenoxy) is 2. The Hall–Kier alpha value is -1.59. The molecule has 0 spiro atoms. The molecule has 0 unspecified atom stereocenters. The van der Waals surface area contributed by atoms with Crippen molar-refractivity contribution < 1.29 is 14.3 Å². The fourth-order valence-corrected chi connectivity index (χ4v) is 3.50. The SMILES string of the molecule is CCOC(=O)N1CCC(N2CCO[C@H](c3ccccc3)C2)CC1. The lowest BCUT2D eigenvalue weighted by atomic mass is 10.0. The lowest BCUT2D eigenvalue weighted by molar-refractivity contribution is -0.0530. The highest BCUT2D eigenvalue weighted by atomic mass is 16.6. The molecule has 1 amide bonds. The summed E-state index contributed by atoms with van der Waals surface area (Å²) >= 11 is 0. The quantitative estimate of drug-likeness (QED) is 0.859. The van der Waals surface area contributed by atoms with Gasteiger partial charge in [-0.1, -0.05) is 30.3 Å². The predicted octanol–water partition coefficient (Wildman–Crippen LogP) is 2.68. The lowest BCUT2D eigenvalue weighted by Crippen LogP contribution is -2.50. The number of nitrogens with zero attached hydrogens (tertiary/aromatic N) is 2. The number of benzene rings is 1. The maximum absolute atomic E-state index is 11.8. The maximum Gasteiger partial charge on any atom is 0.409 e. The summed E-state index contributed by atoms with van der Waals surface area (Å²) in [6, 6.07) is 11.0. The molecule has 5 nitrogen and oxygen atoms in total. The molecule has 0 bridgehead atoms. The highest BCUT2D eigenvalue weighted by Crippen LogP contribution is 2.26. The number of carbonyl (C=O) groups excluding carboxylic acids is 1. The number of morpholine rings is 1. The van der Waals surface area contributed by atoms with E-state index >= 15 is 0 Å². The van der Waals surface area contributed by atoms with Gasteiger partial charge in [-0.05, 0) is 25.3 Å². The van der Waals surface area contributed by atoms with E-state index in [1.807, 2.05) is 17.9 Å². The minimum absolute atomic E-state index is 0.160. The van der Waals surface area contributed by atoms with Crippen LogP contribution in [-0.2, 0) is 9.47 Å². The molecule has 5 heteroatoms. The van der Waals surface area contributed by atoms with Gasteiger partial charge in [0.15, 0.2) is 0 Å². The van der Waals surface area contributed by atoms with Crippen molar-refractivity contribution >= 4 is 6.09 Å². The van der Waals surface area contributed by atoms with Gasteiger partial charge in [-0.3, -0.25) is 4.90 Å². The first-order valence-corrected chi connectivity index (χ1v) is 8.60. The zero-order valence-electron chi connectivity index (χ0n) is 13.8. The molecule has 0 aliphatic carbocycles. The Balaban J connectivity index is 1.53. The molecule has 2 aliphatic heterocycles. The van der Waals surface area contributed by atoms with E-state index in [1.165, 1.54) is 5.56 Å². The van der Waals surface area contributed by atoms with E-state index in [0.717, 1.165) is 45.6 Å². The van der Waals surface area contributed by atoms with Crippen LogP contribution < -0.4 is 0 Å². The summed E-state index contributed by atoms with van der Waals surface area (Å²) in [5.41, 5.74) is 1.25. The fourth-order valence-electron chi connectivity index (χ4n) is 3.50. The number of likely N-dealkylation sites (tertiary alicyclic amines) is 1. The maximum atomic E-state index is 11.8. The van der Waals surface area contributed by atoms with Crippen LogP contribution in [-0.4, -0.2) is 61.3 Å². The molecule has 3 rings (SSSR count). The summed E-state index contributed by atoms with van der Waals surface area (Å²) in [6.07, 6.45) is 2.02. The van der Waals surface area contributed by atoms with Crippen molar-refractivity contribution in [2.45, 2.75) is 31.9 Å². The Kier molecular flexibility index (Phi) is 5.51. The topological polar surface area (TPSA) is 42.0 Å². The van der Waals surface area contributed by atoms with Crippen LogP contribution in [0.2, 0.25) is 0 Å². The van der Waals surface area contributed by atoms with Gasteiger partial charge >= 0.3 is 6.09 Å². The van der Waals surface area contributed by atoms with E-state index in [2.05, 4.69) is 29.2 Å². The van der Waals surface area contributed by atoms with E-state index in [1.54, 1.807) is 0 Å². The second-order valence-electron chi connectivity index (χ2n) is 6.18. The Morgan fingerprint density at radius 2 is 1.96 bits per heavy atom. The normalized spacial score (nSPS) is 23.7. The van der Waals surface area contributed by atoms with Crippen LogP contribution in [0.4, 0.5) is 4.79 Å². The summed E-state index contributed by atoms with van der Waals surface area (Å²) in [4.78, 5) is 16.1. The van der Waals surface area contributed by atoms with Crippen LogP contribution >= 0.6 is 0 Å². The van der Waals surface area contributed by atoms with Gasteiger partial charge < -0.3 is 14.4 Å². The fraction of sp³-hybridized carbons (Fsp3) is 0.611. The zero-order chi connectivity index (χ0) is 16.1. The van der Waals surface area contributed by atoms with Crippen molar-refractivity contribution in [1.29, 1.82) is 0 Å². The lowest BCUT2D eigenvalue weighted by Gasteiger charge is -2.42. The van der Waals surface area contributed by atoms with E-state index in [9.17, 15) is 4.79 Å². The third-order valence-corrected chi connectivity index (χ3v) is 4.78. The van der Waals surface area contributed by atoms with Gasteiger partial charge in [0.25, 0.3) is 0 Å². The van der Waals surface area contributed by atoms with Gasteiger partial charge in [0.05, 0.1) is 19.3 Å². The summed E-state index contributed by atoms with van der Waals surface area (Å²) < 4.78 is 11.0. The number of piperidine rings is 1. The van der Waals surface area contributed by atoms with Gasteiger partial charge in [-0.25, -0.2) is 4.79 Å². The highest BCUT2D eigenvalue weighted by molar-refractivity contribution is 5.67. The first kappa shape index (κ1) is 16.3. The molecule has 2 saturated heterocycles. The summed E-state index contributed by atoms with van der Waals surface area (Å²) in [5.74, 6) is 0. The zero-order valence-corrected chi connectivity index (χ0v) is 13.8. The molecule has 1 aromatic rings. The second kappa shape index (κ2) is 7.79. The molecule has 1 atom stereocenters. The van der Waals surface area contributed by atoms with Gasteiger partial charge in [0.1, 0.15) is 0 Å². The first-order chi connectivity index (χ1) is 11.3.